The number of carbonyl (C=O) groups is 2. The Morgan fingerprint density at radius 1 is 0.938 bits per heavy atom. The molecule has 0 aliphatic carbocycles. The first kappa shape index (κ1) is 21.8. The van der Waals surface area contributed by atoms with E-state index >= 15 is 0 Å². The van der Waals surface area contributed by atoms with Crippen LogP contribution in [0.5, 0.6) is 0 Å². The molecule has 0 unspecified atom stereocenters. The third-order valence-corrected chi connectivity index (χ3v) is 5.72. The van der Waals surface area contributed by atoms with Crippen molar-refractivity contribution in [2.45, 2.75) is 13.8 Å². The number of nitrogens with one attached hydrogen (secondary N) is 1. The Labute approximate surface area is 186 Å². The van der Waals surface area contributed by atoms with Gasteiger partial charge in [0, 0.05) is 37.4 Å². The topological polar surface area (TPSA) is 65.8 Å². The number of piperazine rings is 1. The molecule has 1 fully saturated rings. The van der Waals surface area contributed by atoms with Gasteiger partial charge < -0.3 is 14.6 Å². The van der Waals surface area contributed by atoms with E-state index < -0.39 is 0 Å². The zero-order chi connectivity index (χ0) is 22.7. The molecule has 0 spiro atoms. The minimum absolute atomic E-state index is 0.0582. The highest BCUT2D eigenvalue weighted by atomic mass is 19.1. The molecule has 1 aliphatic heterocycles. The summed E-state index contributed by atoms with van der Waals surface area (Å²) < 4.78 is 18.8. The van der Waals surface area contributed by atoms with Gasteiger partial charge >= 0.3 is 0 Å². The monoisotopic (exact) mass is 435 g/mol. The molecule has 3 aromatic rings. The van der Waals surface area contributed by atoms with Crippen LogP contribution >= 0.6 is 0 Å². The zero-order valence-electron chi connectivity index (χ0n) is 18.2. The number of halogens is 1. The second kappa shape index (κ2) is 9.36. The number of furan rings is 1. The lowest BCUT2D eigenvalue weighted by molar-refractivity contribution is -0.117. The Balaban J connectivity index is 1.30. The number of aryl methyl sites for hydroxylation is 2. The van der Waals surface area contributed by atoms with Crippen LogP contribution in [0.15, 0.2) is 59.0 Å². The number of hydrogen-bond acceptors (Lipinski definition) is 4. The Morgan fingerprint density at radius 2 is 1.59 bits per heavy atom. The van der Waals surface area contributed by atoms with E-state index in [0.717, 1.165) is 16.8 Å². The normalized spacial score (nSPS) is 14.4. The number of nitrogens with zero attached hydrogens (tertiary/aromatic N) is 2. The molecule has 1 N–H and O–H groups in total. The van der Waals surface area contributed by atoms with Crippen LogP contribution in [0.2, 0.25) is 0 Å². The van der Waals surface area contributed by atoms with Crippen LogP contribution in [0.25, 0.3) is 11.3 Å². The Morgan fingerprint density at radius 3 is 2.25 bits per heavy atom. The highest BCUT2D eigenvalue weighted by molar-refractivity contribution is 5.94. The maximum absolute atomic E-state index is 13.1. The first-order valence-corrected chi connectivity index (χ1v) is 10.6. The van der Waals surface area contributed by atoms with Crippen molar-refractivity contribution in [1.29, 1.82) is 0 Å². The molecule has 166 valence electrons. The van der Waals surface area contributed by atoms with Gasteiger partial charge in [0.15, 0.2) is 5.76 Å². The molecule has 6 nitrogen and oxygen atoms in total. The molecule has 1 saturated heterocycles. The zero-order valence-corrected chi connectivity index (χ0v) is 18.2. The fraction of sp³-hybridized carbons (Fsp3) is 0.280. The van der Waals surface area contributed by atoms with E-state index in [1.54, 1.807) is 29.2 Å². The van der Waals surface area contributed by atoms with Crippen LogP contribution in [-0.2, 0) is 4.79 Å². The predicted molar refractivity (Wildman–Crippen MR) is 121 cm³/mol. The van der Waals surface area contributed by atoms with Crippen LogP contribution < -0.4 is 5.32 Å². The molecule has 7 heteroatoms. The molecule has 1 aliphatic rings. The summed E-state index contributed by atoms with van der Waals surface area (Å²) in [5.74, 6) is 0.216. The molecule has 0 saturated carbocycles. The van der Waals surface area contributed by atoms with Gasteiger partial charge in [-0.05, 0) is 61.4 Å². The Hall–Kier alpha value is -3.45. The number of benzene rings is 2. The van der Waals surface area contributed by atoms with E-state index in [1.165, 1.54) is 12.1 Å². The van der Waals surface area contributed by atoms with Crippen molar-refractivity contribution >= 4 is 17.5 Å². The summed E-state index contributed by atoms with van der Waals surface area (Å²) in [7, 11) is 0. The smallest absolute Gasteiger partial charge is 0.289 e. The standard InChI is InChI=1S/C25H26FN3O3/c1-17-4-3-5-18(2)24(17)27-23(30)16-28-12-14-29(15-13-28)25(31)22-11-10-21(32-22)19-6-8-20(26)9-7-19/h3-11H,12-16H2,1-2H3,(H,27,30). The van der Waals surface area contributed by atoms with E-state index in [1.807, 2.05) is 36.9 Å². The number of carbonyl (C=O) groups excluding carboxylic acids is 2. The van der Waals surface area contributed by atoms with Crippen molar-refractivity contribution in [3.63, 3.8) is 0 Å². The van der Waals surface area contributed by atoms with Crippen molar-refractivity contribution < 1.29 is 18.4 Å². The van der Waals surface area contributed by atoms with E-state index in [9.17, 15) is 14.0 Å². The summed E-state index contributed by atoms with van der Waals surface area (Å²) in [6.45, 7) is 6.48. The van der Waals surface area contributed by atoms with Crippen LogP contribution in [0.1, 0.15) is 21.7 Å². The SMILES string of the molecule is Cc1cccc(C)c1NC(=O)CN1CCN(C(=O)c2ccc(-c3ccc(F)cc3)o2)CC1. The molecule has 2 heterocycles. The second-order valence-corrected chi connectivity index (χ2v) is 8.05. The lowest BCUT2D eigenvalue weighted by Gasteiger charge is -2.33. The van der Waals surface area contributed by atoms with Gasteiger partial charge in [0.25, 0.3) is 5.91 Å². The van der Waals surface area contributed by atoms with Gasteiger partial charge in [-0.25, -0.2) is 4.39 Å². The number of hydrogen-bond donors (Lipinski definition) is 1. The Kier molecular flexibility index (Phi) is 6.37. The number of amides is 2. The highest BCUT2D eigenvalue weighted by Crippen LogP contribution is 2.24. The molecular formula is C25H26FN3O3. The van der Waals surface area contributed by atoms with Gasteiger partial charge in [-0.1, -0.05) is 18.2 Å². The molecule has 0 radical (unpaired) electrons. The average Bonchev–Trinajstić information content (AvgIpc) is 3.27. The van der Waals surface area contributed by atoms with E-state index in [4.69, 9.17) is 4.42 Å². The fourth-order valence-electron chi connectivity index (χ4n) is 3.88. The summed E-state index contributed by atoms with van der Waals surface area (Å²) >= 11 is 0. The summed E-state index contributed by atoms with van der Waals surface area (Å²) in [4.78, 5) is 29.1. The number of rotatable bonds is 5. The van der Waals surface area contributed by atoms with Crippen LogP contribution in [0, 0.1) is 19.7 Å². The predicted octanol–water partition coefficient (Wildman–Crippen LogP) is 4.10. The van der Waals surface area contributed by atoms with E-state index in [-0.39, 0.29) is 29.9 Å². The van der Waals surface area contributed by atoms with Gasteiger partial charge in [-0.2, -0.15) is 0 Å². The second-order valence-electron chi connectivity index (χ2n) is 8.05. The maximum Gasteiger partial charge on any atom is 0.289 e. The average molecular weight is 435 g/mol. The maximum atomic E-state index is 13.1. The first-order valence-electron chi connectivity index (χ1n) is 10.6. The van der Waals surface area contributed by atoms with Crippen LogP contribution in [0.4, 0.5) is 10.1 Å². The summed E-state index contributed by atoms with van der Waals surface area (Å²) in [6, 6.07) is 15.2. The number of para-hydroxylation sites is 1. The molecule has 1 aromatic heterocycles. The van der Waals surface area contributed by atoms with Crippen molar-refractivity contribution in [3.8, 4) is 11.3 Å². The summed E-state index contributed by atoms with van der Waals surface area (Å²) in [5.41, 5.74) is 3.64. The molecule has 0 atom stereocenters. The van der Waals surface area contributed by atoms with Gasteiger partial charge in [-0.3, -0.25) is 14.5 Å². The summed E-state index contributed by atoms with van der Waals surface area (Å²) in [5, 5.41) is 3.01. The molecule has 0 bridgehead atoms. The molecule has 2 amide bonds. The lowest BCUT2D eigenvalue weighted by Crippen LogP contribution is -2.50. The quantitative estimate of drug-likeness (QED) is 0.655. The third kappa shape index (κ3) is 4.89. The minimum Gasteiger partial charge on any atom is -0.451 e. The molecule has 32 heavy (non-hydrogen) atoms. The summed E-state index contributed by atoms with van der Waals surface area (Å²) in [6.07, 6.45) is 0. The third-order valence-electron chi connectivity index (χ3n) is 5.72. The van der Waals surface area contributed by atoms with Crippen molar-refractivity contribution in [2.24, 2.45) is 0 Å². The van der Waals surface area contributed by atoms with Gasteiger partial charge in [0.05, 0.1) is 6.54 Å². The van der Waals surface area contributed by atoms with E-state index in [0.29, 0.717) is 37.5 Å². The minimum atomic E-state index is -0.322. The molecular weight excluding hydrogens is 409 g/mol. The molecule has 4 rings (SSSR count). The van der Waals surface area contributed by atoms with Crippen molar-refractivity contribution in [1.82, 2.24) is 9.80 Å². The fourth-order valence-corrected chi connectivity index (χ4v) is 3.88. The van der Waals surface area contributed by atoms with Gasteiger partial charge in [-0.15, -0.1) is 0 Å². The highest BCUT2D eigenvalue weighted by Gasteiger charge is 2.25. The van der Waals surface area contributed by atoms with E-state index in [2.05, 4.69) is 5.32 Å². The Bertz CT molecular complexity index is 1100. The number of anilines is 1. The molecule has 2 aromatic carbocycles. The lowest BCUT2D eigenvalue weighted by atomic mass is 10.1. The van der Waals surface area contributed by atoms with Crippen molar-refractivity contribution in [2.75, 3.05) is 38.0 Å². The van der Waals surface area contributed by atoms with Crippen LogP contribution in [-0.4, -0.2) is 54.3 Å². The van der Waals surface area contributed by atoms with Crippen LogP contribution in [0.3, 0.4) is 0 Å². The largest absolute Gasteiger partial charge is 0.451 e. The van der Waals surface area contributed by atoms with Gasteiger partial charge in [0.2, 0.25) is 5.91 Å². The first-order chi connectivity index (χ1) is 15.4. The van der Waals surface area contributed by atoms with Gasteiger partial charge in [0.1, 0.15) is 11.6 Å². The van der Waals surface area contributed by atoms with Crippen molar-refractivity contribution in [3.05, 3.63) is 77.3 Å².